The van der Waals surface area contributed by atoms with E-state index in [0.29, 0.717) is 11.4 Å². The van der Waals surface area contributed by atoms with Crippen LogP contribution in [-0.4, -0.2) is 36.4 Å². The summed E-state index contributed by atoms with van der Waals surface area (Å²) >= 11 is 1.63. The molecule has 0 aromatic heterocycles. The van der Waals surface area contributed by atoms with Crippen LogP contribution in [0.15, 0.2) is 94.4 Å². The van der Waals surface area contributed by atoms with Gasteiger partial charge >= 0.3 is 6.03 Å². The molecule has 1 aliphatic heterocycles. The molecule has 2 N–H and O–H groups in total. The summed E-state index contributed by atoms with van der Waals surface area (Å²) in [6.45, 7) is -0.410. The van der Waals surface area contributed by atoms with E-state index in [9.17, 15) is 14.4 Å². The molecule has 3 aromatic carbocycles. The molecular formula is C25H21N3O4S. The van der Waals surface area contributed by atoms with E-state index in [4.69, 9.17) is 4.74 Å². The molecule has 7 nitrogen and oxygen atoms in total. The summed E-state index contributed by atoms with van der Waals surface area (Å²) in [7, 11) is 1.49. The summed E-state index contributed by atoms with van der Waals surface area (Å²) in [5.74, 6) is -0.582. The number of carbonyl (C=O) groups is 3. The molecule has 0 spiro atoms. The number of carbonyl (C=O) groups excluding carboxylic acids is 3. The molecule has 0 radical (unpaired) electrons. The molecule has 4 amide bonds. The first-order valence-corrected chi connectivity index (χ1v) is 11.0. The number of para-hydroxylation sites is 2. The quantitative estimate of drug-likeness (QED) is 0.405. The van der Waals surface area contributed by atoms with Crippen molar-refractivity contribution in [3.63, 3.8) is 0 Å². The van der Waals surface area contributed by atoms with E-state index in [1.54, 1.807) is 42.1 Å². The van der Waals surface area contributed by atoms with Gasteiger partial charge in [0.1, 0.15) is 18.0 Å². The van der Waals surface area contributed by atoms with Crippen LogP contribution in [0.4, 0.5) is 10.5 Å². The molecule has 3 aromatic rings. The zero-order valence-corrected chi connectivity index (χ0v) is 18.6. The van der Waals surface area contributed by atoms with Crippen molar-refractivity contribution in [2.45, 2.75) is 9.79 Å². The molecule has 8 heteroatoms. The van der Waals surface area contributed by atoms with Gasteiger partial charge in [-0.3, -0.25) is 9.59 Å². The van der Waals surface area contributed by atoms with Crippen LogP contribution in [0.5, 0.6) is 5.75 Å². The number of hydrogen-bond acceptors (Lipinski definition) is 5. The second kappa shape index (κ2) is 10.1. The monoisotopic (exact) mass is 459 g/mol. The molecule has 166 valence electrons. The largest absolute Gasteiger partial charge is 0.495 e. The maximum Gasteiger partial charge on any atom is 0.329 e. The van der Waals surface area contributed by atoms with Gasteiger partial charge in [0.25, 0.3) is 5.91 Å². The average molecular weight is 460 g/mol. The van der Waals surface area contributed by atoms with E-state index in [1.807, 2.05) is 54.6 Å². The van der Waals surface area contributed by atoms with Crippen LogP contribution >= 0.6 is 11.8 Å². The van der Waals surface area contributed by atoms with Crippen molar-refractivity contribution in [3.05, 3.63) is 90.1 Å². The number of imide groups is 1. The molecule has 0 saturated carbocycles. The van der Waals surface area contributed by atoms with Gasteiger partial charge in [-0.1, -0.05) is 54.2 Å². The van der Waals surface area contributed by atoms with Gasteiger partial charge in [-0.15, -0.1) is 0 Å². The fourth-order valence-electron chi connectivity index (χ4n) is 3.22. The maximum absolute atomic E-state index is 12.7. The topological polar surface area (TPSA) is 87.7 Å². The third-order valence-corrected chi connectivity index (χ3v) is 5.83. The normalized spacial score (nSPS) is 14.3. The van der Waals surface area contributed by atoms with Crippen molar-refractivity contribution in [2.75, 3.05) is 19.0 Å². The first kappa shape index (κ1) is 22.2. The Kier molecular flexibility index (Phi) is 6.75. The molecule has 1 saturated heterocycles. The van der Waals surface area contributed by atoms with E-state index >= 15 is 0 Å². The summed E-state index contributed by atoms with van der Waals surface area (Å²) in [6, 6.07) is 23.9. The van der Waals surface area contributed by atoms with Crippen molar-refractivity contribution >= 4 is 41.4 Å². The lowest BCUT2D eigenvalue weighted by Crippen LogP contribution is -2.38. The van der Waals surface area contributed by atoms with Crippen molar-refractivity contribution in [3.8, 4) is 5.75 Å². The van der Waals surface area contributed by atoms with E-state index < -0.39 is 24.4 Å². The van der Waals surface area contributed by atoms with Crippen molar-refractivity contribution < 1.29 is 19.1 Å². The predicted molar refractivity (Wildman–Crippen MR) is 127 cm³/mol. The van der Waals surface area contributed by atoms with Gasteiger partial charge in [0.2, 0.25) is 5.91 Å². The van der Waals surface area contributed by atoms with Gasteiger partial charge in [-0.2, -0.15) is 0 Å². The lowest BCUT2D eigenvalue weighted by atomic mass is 10.2. The highest BCUT2D eigenvalue weighted by molar-refractivity contribution is 7.99. The molecule has 0 unspecified atom stereocenters. The Morgan fingerprint density at radius 3 is 2.36 bits per heavy atom. The summed E-state index contributed by atoms with van der Waals surface area (Å²) in [6.07, 6.45) is 1.59. The van der Waals surface area contributed by atoms with Crippen LogP contribution in [0.2, 0.25) is 0 Å². The Balaban J connectivity index is 1.40. The molecule has 4 rings (SSSR count). The Labute approximate surface area is 195 Å². The molecule has 0 aliphatic carbocycles. The molecule has 1 aliphatic rings. The van der Waals surface area contributed by atoms with E-state index in [-0.39, 0.29) is 5.70 Å². The number of ether oxygens (including phenoxy) is 1. The number of nitrogens with one attached hydrogen (secondary N) is 2. The number of hydrogen-bond donors (Lipinski definition) is 2. The fraction of sp³-hybridized carbons (Fsp3) is 0.0800. The second-order valence-electron chi connectivity index (χ2n) is 7.11. The van der Waals surface area contributed by atoms with Gasteiger partial charge in [-0.05, 0) is 48.0 Å². The van der Waals surface area contributed by atoms with Crippen LogP contribution in [-0.2, 0) is 9.59 Å². The van der Waals surface area contributed by atoms with Gasteiger partial charge < -0.3 is 15.4 Å². The third kappa shape index (κ3) is 5.42. The number of rotatable bonds is 7. The van der Waals surface area contributed by atoms with Gasteiger partial charge in [0.15, 0.2) is 0 Å². The zero-order chi connectivity index (χ0) is 23.2. The Morgan fingerprint density at radius 2 is 1.64 bits per heavy atom. The number of nitrogens with zero attached hydrogens (tertiary/aromatic N) is 1. The van der Waals surface area contributed by atoms with Crippen molar-refractivity contribution in [1.82, 2.24) is 10.2 Å². The molecular weight excluding hydrogens is 438 g/mol. The van der Waals surface area contributed by atoms with E-state index in [0.717, 1.165) is 20.3 Å². The highest BCUT2D eigenvalue weighted by Crippen LogP contribution is 2.28. The number of anilines is 1. The number of amides is 4. The molecule has 33 heavy (non-hydrogen) atoms. The fourth-order valence-corrected chi connectivity index (χ4v) is 4.06. The van der Waals surface area contributed by atoms with Crippen molar-refractivity contribution in [2.24, 2.45) is 0 Å². The van der Waals surface area contributed by atoms with E-state index in [2.05, 4.69) is 10.6 Å². The molecule has 1 heterocycles. The number of benzene rings is 3. The number of methoxy groups -OCH3 is 1. The van der Waals surface area contributed by atoms with Gasteiger partial charge in [-0.25, -0.2) is 9.69 Å². The highest BCUT2D eigenvalue weighted by atomic mass is 32.2. The lowest BCUT2D eigenvalue weighted by Gasteiger charge is -2.13. The first-order chi connectivity index (χ1) is 16.0. The van der Waals surface area contributed by atoms with Crippen LogP contribution in [0.3, 0.4) is 0 Å². The minimum absolute atomic E-state index is 0.119. The smallest absolute Gasteiger partial charge is 0.329 e. The minimum Gasteiger partial charge on any atom is -0.495 e. The van der Waals surface area contributed by atoms with Gasteiger partial charge in [0.05, 0.1) is 12.8 Å². The summed E-state index contributed by atoms with van der Waals surface area (Å²) in [4.78, 5) is 40.5. The second-order valence-corrected chi connectivity index (χ2v) is 8.26. The Hall–Kier alpha value is -4.04. The molecule has 0 atom stereocenters. The third-order valence-electron chi connectivity index (χ3n) is 4.82. The van der Waals surface area contributed by atoms with Gasteiger partial charge in [0, 0.05) is 9.79 Å². The predicted octanol–water partition coefficient (Wildman–Crippen LogP) is 4.38. The lowest BCUT2D eigenvalue weighted by molar-refractivity contribution is -0.127. The summed E-state index contributed by atoms with van der Waals surface area (Å²) < 4.78 is 5.20. The van der Waals surface area contributed by atoms with Crippen molar-refractivity contribution in [1.29, 1.82) is 0 Å². The Morgan fingerprint density at radius 1 is 0.970 bits per heavy atom. The standard InChI is InChI=1S/C25H21N3O4S/c1-32-22-10-6-5-9-20(22)26-23(29)16-28-24(30)21(27-25(28)31)15-17-11-13-19(14-12-17)33-18-7-3-2-4-8-18/h2-15H,16H2,1H3,(H,26,29)(H,27,31)/b21-15+. The molecule has 1 fully saturated rings. The van der Waals surface area contributed by atoms with Crippen LogP contribution in [0.1, 0.15) is 5.56 Å². The summed E-state index contributed by atoms with van der Waals surface area (Å²) in [5.41, 5.74) is 1.34. The first-order valence-electron chi connectivity index (χ1n) is 10.1. The van der Waals surface area contributed by atoms with Crippen LogP contribution in [0, 0.1) is 0 Å². The highest BCUT2D eigenvalue weighted by Gasteiger charge is 2.35. The SMILES string of the molecule is COc1ccccc1NC(=O)CN1C(=O)N/C(=C/c2ccc(Sc3ccccc3)cc2)C1=O. The number of urea groups is 1. The maximum atomic E-state index is 12.7. The van der Waals surface area contributed by atoms with Crippen LogP contribution in [0.25, 0.3) is 6.08 Å². The van der Waals surface area contributed by atoms with E-state index in [1.165, 1.54) is 7.11 Å². The van der Waals surface area contributed by atoms with Crippen LogP contribution < -0.4 is 15.4 Å². The zero-order valence-electron chi connectivity index (χ0n) is 17.8. The average Bonchev–Trinajstić information content (AvgIpc) is 3.08. The minimum atomic E-state index is -0.641. The molecule has 0 bridgehead atoms. The Bertz CT molecular complexity index is 1210. The summed E-state index contributed by atoms with van der Waals surface area (Å²) in [5, 5.41) is 5.20.